The van der Waals surface area contributed by atoms with Crippen molar-refractivity contribution in [2.45, 2.75) is 20.4 Å². The molecule has 8 heteroatoms. The van der Waals surface area contributed by atoms with E-state index in [1.165, 1.54) is 17.0 Å². The lowest BCUT2D eigenvalue weighted by atomic mass is 10.2. The van der Waals surface area contributed by atoms with Gasteiger partial charge in [0.05, 0.1) is 11.5 Å². The van der Waals surface area contributed by atoms with Crippen LogP contribution in [0.2, 0.25) is 0 Å². The fourth-order valence-corrected chi connectivity index (χ4v) is 1.74. The van der Waals surface area contributed by atoms with Gasteiger partial charge in [0.15, 0.2) is 0 Å². The molecule has 0 aliphatic carbocycles. The number of benzene rings is 1. The highest BCUT2D eigenvalue weighted by Crippen LogP contribution is 2.13. The molecular weight excluding hydrogens is 290 g/mol. The molecule has 0 aliphatic rings. The van der Waals surface area contributed by atoms with Crippen LogP contribution in [0.1, 0.15) is 19.4 Å². The highest BCUT2D eigenvalue weighted by Gasteiger charge is 2.14. The van der Waals surface area contributed by atoms with E-state index in [-0.39, 0.29) is 18.8 Å². The summed E-state index contributed by atoms with van der Waals surface area (Å²) in [5, 5.41) is 13.1. The van der Waals surface area contributed by atoms with Crippen molar-refractivity contribution in [2.24, 2.45) is 0 Å². The van der Waals surface area contributed by atoms with Crippen LogP contribution in [0.5, 0.6) is 0 Å². The maximum Gasteiger partial charge on any atom is 0.325 e. The Morgan fingerprint density at radius 3 is 2.41 bits per heavy atom. The van der Waals surface area contributed by atoms with E-state index in [1.54, 1.807) is 26.0 Å². The minimum absolute atomic E-state index is 0.00133. The van der Waals surface area contributed by atoms with Crippen LogP contribution in [0.25, 0.3) is 0 Å². The van der Waals surface area contributed by atoms with Gasteiger partial charge in [-0.1, -0.05) is 12.1 Å². The Bertz CT molecular complexity index is 530. The lowest BCUT2D eigenvalue weighted by Crippen LogP contribution is -2.41. The minimum atomic E-state index is -0.498. The number of rotatable bonds is 7. The van der Waals surface area contributed by atoms with Crippen LogP contribution in [0.15, 0.2) is 24.3 Å². The van der Waals surface area contributed by atoms with Crippen molar-refractivity contribution in [3.05, 3.63) is 39.9 Å². The highest BCUT2D eigenvalue weighted by molar-refractivity contribution is 5.80. The van der Waals surface area contributed by atoms with E-state index in [4.69, 9.17) is 4.74 Å². The summed E-state index contributed by atoms with van der Waals surface area (Å²) in [7, 11) is 0. The zero-order valence-corrected chi connectivity index (χ0v) is 12.6. The second kappa shape index (κ2) is 8.60. The van der Waals surface area contributed by atoms with Crippen molar-refractivity contribution < 1.29 is 19.2 Å². The van der Waals surface area contributed by atoms with Gasteiger partial charge in [-0.15, -0.1) is 0 Å². The largest absolute Gasteiger partial charge is 0.465 e. The van der Waals surface area contributed by atoms with Gasteiger partial charge >= 0.3 is 12.0 Å². The van der Waals surface area contributed by atoms with E-state index in [9.17, 15) is 19.7 Å². The number of amides is 2. The fourth-order valence-electron chi connectivity index (χ4n) is 1.74. The quantitative estimate of drug-likeness (QED) is 0.469. The van der Waals surface area contributed by atoms with Gasteiger partial charge in [0.2, 0.25) is 0 Å². The van der Waals surface area contributed by atoms with Gasteiger partial charge in [0, 0.05) is 25.2 Å². The Balaban J connectivity index is 2.58. The third-order valence-electron chi connectivity index (χ3n) is 2.88. The van der Waals surface area contributed by atoms with Crippen molar-refractivity contribution in [3.63, 3.8) is 0 Å². The van der Waals surface area contributed by atoms with Gasteiger partial charge in [0.1, 0.15) is 6.54 Å². The minimum Gasteiger partial charge on any atom is -0.465 e. The van der Waals surface area contributed by atoms with E-state index in [2.05, 4.69) is 5.32 Å². The number of ether oxygens (including phenoxy) is 1. The third-order valence-corrected chi connectivity index (χ3v) is 2.88. The van der Waals surface area contributed by atoms with Gasteiger partial charge < -0.3 is 15.0 Å². The Hall–Kier alpha value is -2.64. The number of nitro groups is 1. The Kier molecular flexibility index (Phi) is 6.81. The molecule has 1 rings (SSSR count). The van der Waals surface area contributed by atoms with Crippen LogP contribution in [0.3, 0.4) is 0 Å². The Labute approximate surface area is 128 Å². The average molecular weight is 309 g/mol. The van der Waals surface area contributed by atoms with Crippen LogP contribution in [-0.2, 0) is 16.1 Å². The standard InChI is InChI=1S/C14H19N3O5/c1-3-16(14(19)15-9-13(18)22-4-2)10-11-5-7-12(8-6-11)17(20)21/h5-8H,3-4,9-10H2,1-2H3,(H,15,19). The second-order valence-electron chi connectivity index (χ2n) is 4.40. The van der Waals surface area contributed by atoms with Crippen molar-refractivity contribution in [1.82, 2.24) is 10.2 Å². The summed E-state index contributed by atoms with van der Waals surface area (Å²) < 4.78 is 4.72. The number of non-ortho nitro benzene ring substituents is 1. The number of hydrogen-bond acceptors (Lipinski definition) is 5. The molecule has 2 amide bonds. The van der Waals surface area contributed by atoms with Crippen molar-refractivity contribution in [3.8, 4) is 0 Å². The smallest absolute Gasteiger partial charge is 0.325 e. The summed E-state index contributed by atoms with van der Waals surface area (Å²) in [6, 6.07) is 5.58. The number of nitrogens with zero attached hydrogens (tertiary/aromatic N) is 2. The number of nitrogens with one attached hydrogen (secondary N) is 1. The summed E-state index contributed by atoms with van der Waals surface area (Å²) >= 11 is 0. The van der Waals surface area contributed by atoms with Gasteiger partial charge in [-0.3, -0.25) is 14.9 Å². The van der Waals surface area contributed by atoms with Crippen LogP contribution in [0.4, 0.5) is 10.5 Å². The van der Waals surface area contributed by atoms with Gasteiger partial charge in [0.25, 0.3) is 5.69 Å². The third kappa shape index (κ3) is 5.39. The molecular formula is C14H19N3O5. The SMILES string of the molecule is CCOC(=O)CNC(=O)N(CC)Cc1ccc([N+](=O)[O-])cc1. The molecule has 0 atom stereocenters. The molecule has 1 aromatic carbocycles. The molecule has 1 aromatic rings. The zero-order chi connectivity index (χ0) is 16.5. The zero-order valence-electron chi connectivity index (χ0n) is 12.6. The molecule has 0 saturated carbocycles. The molecule has 0 unspecified atom stereocenters. The fraction of sp³-hybridized carbons (Fsp3) is 0.429. The first-order valence-electron chi connectivity index (χ1n) is 6.89. The molecule has 120 valence electrons. The molecule has 0 radical (unpaired) electrons. The molecule has 0 aromatic heterocycles. The monoisotopic (exact) mass is 309 g/mol. The lowest BCUT2D eigenvalue weighted by molar-refractivity contribution is -0.384. The van der Waals surface area contributed by atoms with E-state index in [0.717, 1.165) is 5.56 Å². The van der Waals surface area contributed by atoms with Gasteiger partial charge in [-0.2, -0.15) is 0 Å². The summed E-state index contributed by atoms with van der Waals surface area (Å²) in [5.74, 6) is -0.498. The molecule has 0 saturated heterocycles. The van der Waals surface area contributed by atoms with Gasteiger partial charge in [-0.05, 0) is 19.4 Å². The molecule has 0 bridgehead atoms. The first-order valence-corrected chi connectivity index (χ1v) is 6.89. The number of nitro benzene ring substituents is 1. The first kappa shape index (κ1) is 17.4. The van der Waals surface area contributed by atoms with Crippen molar-refractivity contribution in [2.75, 3.05) is 19.7 Å². The van der Waals surface area contributed by atoms with E-state index in [0.29, 0.717) is 13.1 Å². The molecule has 1 N–H and O–H groups in total. The summed E-state index contributed by atoms with van der Waals surface area (Å²) in [6.07, 6.45) is 0. The van der Waals surface area contributed by atoms with Crippen molar-refractivity contribution in [1.29, 1.82) is 0 Å². The molecule has 8 nitrogen and oxygen atoms in total. The number of esters is 1. The van der Waals surface area contributed by atoms with E-state index < -0.39 is 16.9 Å². The second-order valence-corrected chi connectivity index (χ2v) is 4.40. The maximum absolute atomic E-state index is 12.0. The Morgan fingerprint density at radius 1 is 1.27 bits per heavy atom. The molecule has 0 heterocycles. The maximum atomic E-state index is 12.0. The molecule has 0 fully saturated rings. The van der Waals surface area contributed by atoms with Crippen LogP contribution < -0.4 is 5.32 Å². The molecule has 22 heavy (non-hydrogen) atoms. The number of urea groups is 1. The Morgan fingerprint density at radius 2 is 1.91 bits per heavy atom. The summed E-state index contributed by atoms with van der Waals surface area (Å²) in [5.41, 5.74) is 0.761. The number of hydrogen-bond donors (Lipinski definition) is 1. The first-order chi connectivity index (χ1) is 10.5. The van der Waals surface area contributed by atoms with Crippen LogP contribution in [-0.4, -0.2) is 41.5 Å². The van der Waals surface area contributed by atoms with Crippen molar-refractivity contribution >= 4 is 17.7 Å². The molecule has 0 aliphatic heterocycles. The normalized spacial score (nSPS) is 9.91. The van der Waals surface area contributed by atoms with Crippen LogP contribution in [0, 0.1) is 10.1 Å². The topological polar surface area (TPSA) is 102 Å². The average Bonchev–Trinajstić information content (AvgIpc) is 2.51. The van der Waals surface area contributed by atoms with Crippen LogP contribution >= 0.6 is 0 Å². The highest BCUT2D eigenvalue weighted by atomic mass is 16.6. The number of carbonyl (C=O) groups is 2. The van der Waals surface area contributed by atoms with E-state index in [1.807, 2.05) is 0 Å². The molecule has 0 spiro atoms. The summed E-state index contributed by atoms with van der Waals surface area (Å²) in [6.45, 7) is 4.29. The predicted octanol–water partition coefficient (Wildman–Crippen LogP) is 1.69. The predicted molar refractivity (Wildman–Crippen MR) is 79.2 cm³/mol. The van der Waals surface area contributed by atoms with E-state index >= 15 is 0 Å². The summed E-state index contributed by atoms with van der Waals surface area (Å²) in [4.78, 5) is 34.8. The lowest BCUT2D eigenvalue weighted by Gasteiger charge is -2.21. The van der Waals surface area contributed by atoms with Gasteiger partial charge in [-0.25, -0.2) is 4.79 Å². The number of carbonyl (C=O) groups excluding carboxylic acids is 2.